The van der Waals surface area contributed by atoms with Crippen LogP contribution in [-0.4, -0.2) is 34.6 Å². The second-order valence-corrected chi connectivity index (χ2v) is 9.62. The molecule has 5 nitrogen and oxygen atoms in total. The van der Waals surface area contributed by atoms with E-state index in [4.69, 9.17) is 16.6 Å². The average molecular weight is 415 g/mol. The van der Waals surface area contributed by atoms with Crippen LogP contribution in [0.5, 0.6) is 0 Å². The van der Waals surface area contributed by atoms with E-state index in [1.54, 1.807) is 0 Å². The van der Waals surface area contributed by atoms with Gasteiger partial charge in [-0.25, -0.2) is 4.98 Å². The maximum absolute atomic E-state index is 12.7. The first kappa shape index (κ1) is 19.2. The molecule has 0 bridgehead atoms. The molecule has 1 aromatic carbocycles. The van der Waals surface area contributed by atoms with Gasteiger partial charge in [-0.15, -0.1) is 0 Å². The van der Waals surface area contributed by atoms with E-state index in [2.05, 4.69) is 26.9 Å². The Labute approximate surface area is 177 Å². The molecule has 0 radical (unpaired) electrons. The smallest absolute Gasteiger partial charge is 0.223 e. The molecule has 2 aliphatic carbocycles. The van der Waals surface area contributed by atoms with Gasteiger partial charge in [0.05, 0.1) is 11.0 Å². The molecule has 5 rings (SSSR count). The molecule has 2 saturated carbocycles. The Morgan fingerprint density at radius 3 is 2.45 bits per heavy atom. The highest BCUT2D eigenvalue weighted by atomic mass is 35.5. The number of halogens is 1. The van der Waals surface area contributed by atoms with E-state index in [0.29, 0.717) is 12.1 Å². The lowest BCUT2D eigenvalue weighted by Gasteiger charge is -2.36. The van der Waals surface area contributed by atoms with Gasteiger partial charge in [0.2, 0.25) is 11.9 Å². The lowest BCUT2D eigenvalue weighted by atomic mass is 9.92. The van der Waals surface area contributed by atoms with Crippen molar-refractivity contribution in [2.45, 2.75) is 76.8 Å². The van der Waals surface area contributed by atoms with Crippen molar-refractivity contribution in [2.75, 3.05) is 18.0 Å². The van der Waals surface area contributed by atoms with Crippen molar-refractivity contribution in [3.8, 4) is 0 Å². The fraction of sp³-hybridized carbons (Fsp3) is 0.652. The molecule has 1 aromatic heterocycles. The van der Waals surface area contributed by atoms with Gasteiger partial charge in [-0.3, -0.25) is 4.79 Å². The number of benzene rings is 1. The topological polar surface area (TPSA) is 50.2 Å². The maximum atomic E-state index is 12.7. The number of anilines is 1. The number of fused-ring (bicyclic) bond motifs is 1. The monoisotopic (exact) mass is 414 g/mol. The van der Waals surface area contributed by atoms with Crippen LogP contribution >= 0.6 is 11.6 Å². The van der Waals surface area contributed by atoms with Crippen LogP contribution in [0, 0.1) is 12.8 Å². The molecule has 29 heavy (non-hydrogen) atoms. The summed E-state index contributed by atoms with van der Waals surface area (Å²) in [5.41, 5.74) is 3.27. The molecular weight excluding hydrogens is 384 g/mol. The fourth-order valence-electron chi connectivity index (χ4n) is 5.17. The summed E-state index contributed by atoms with van der Waals surface area (Å²) in [5, 5.41) is 4.10. The van der Waals surface area contributed by atoms with E-state index < -0.39 is 0 Å². The minimum atomic E-state index is 0.144. The third kappa shape index (κ3) is 3.63. The largest absolute Gasteiger partial charge is 0.353 e. The first-order valence-corrected chi connectivity index (χ1v) is 11.7. The predicted octanol–water partition coefficient (Wildman–Crippen LogP) is 5.00. The molecule has 3 aliphatic rings. The molecule has 0 spiro atoms. The number of hydrogen-bond donors (Lipinski definition) is 1. The van der Waals surface area contributed by atoms with Crippen molar-refractivity contribution in [1.29, 1.82) is 0 Å². The quantitative estimate of drug-likeness (QED) is 0.765. The number of hydrogen-bond acceptors (Lipinski definition) is 3. The van der Waals surface area contributed by atoms with Gasteiger partial charge in [0.15, 0.2) is 0 Å². The van der Waals surface area contributed by atoms with Gasteiger partial charge in [0.25, 0.3) is 0 Å². The normalized spacial score (nSPS) is 21.7. The Balaban J connectivity index is 1.34. The Bertz CT molecular complexity index is 905. The Kier molecular flexibility index (Phi) is 5.19. The number of imidazole rings is 1. The molecule has 1 amide bonds. The predicted molar refractivity (Wildman–Crippen MR) is 118 cm³/mol. The van der Waals surface area contributed by atoms with Gasteiger partial charge in [-0.05, 0) is 69.6 Å². The molecule has 1 saturated heterocycles. The average Bonchev–Trinajstić information content (AvgIpc) is 3.30. The van der Waals surface area contributed by atoms with Gasteiger partial charge in [0, 0.05) is 36.1 Å². The number of aryl methyl sites for hydroxylation is 1. The molecule has 6 heteroatoms. The van der Waals surface area contributed by atoms with Crippen LogP contribution in [-0.2, 0) is 4.79 Å². The molecule has 0 unspecified atom stereocenters. The van der Waals surface area contributed by atoms with Gasteiger partial charge in [-0.1, -0.05) is 24.4 Å². The summed E-state index contributed by atoms with van der Waals surface area (Å²) in [6.07, 6.45) is 10.3. The van der Waals surface area contributed by atoms with E-state index in [-0.39, 0.29) is 11.8 Å². The third-order valence-corrected chi connectivity index (χ3v) is 7.65. The van der Waals surface area contributed by atoms with Gasteiger partial charge < -0.3 is 14.8 Å². The molecule has 156 valence electrons. The summed E-state index contributed by atoms with van der Waals surface area (Å²) in [7, 11) is 0. The Morgan fingerprint density at radius 1 is 1.07 bits per heavy atom. The zero-order valence-electron chi connectivity index (χ0n) is 17.3. The number of rotatable bonds is 4. The summed E-state index contributed by atoms with van der Waals surface area (Å²) in [5.74, 6) is 1.48. The lowest BCUT2D eigenvalue weighted by Crippen LogP contribution is -2.44. The zero-order valence-corrected chi connectivity index (χ0v) is 18.0. The number of carbonyl (C=O) groups is 1. The Morgan fingerprint density at radius 2 is 1.79 bits per heavy atom. The summed E-state index contributed by atoms with van der Waals surface area (Å²) in [6, 6.07) is 5.13. The molecule has 3 fully saturated rings. The van der Waals surface area contributed by atoms with Crippen LogP contribution in [0.4, 0.5) is 5.95 Å². The summed E-state index contributed by atoms with van der Waals surface area (Å²) in [4.78, 5) is 20.1. The molecule has 2 aromatic rings. The SMILES string of the molecule is Cc1cc2nc(N3CCC(C(=O)NC4CCCC4)CC3)n(C3CCC3)c2cc1Cl. The number of piperidine rings is 1. The number of nitrogens with zero attached hydrogens (tertiary/aromatic N) is 3. The second kappa shape index (κ2) is 7.82. The van der Waals surface area contributed by atoms with Gasteiger partial charge >= 0.3 is 0 Å². The van der Waals surface area contributed by atoms with Crippen LogP contribution in [0.15, 0.2) is 12.1 Å². The Hall–Kier alpha value is -1.75. The van der Waals surface area contributed by atoms with Crippen molar-refractivity contribution in [1.82, 2.24) is 14.9 Å². The summed E-state index contributed by atoms with van der Waals surface area (Å²) >= 11 is 6.45. The molecule has 1 N–H and O–H groups in total. The third-order valence-electron chi connectivity index (χ3n) is 7.24. The zero-order chi connectivity index (χ0) is 20.0. The van der Waals surface area contributed by atoms with E-state index in [1.807, 2.05) is 6.92 Å². The van der Waals surface area contributed by atoms with Crippen molar-refractivity contribution in [2.24, 2.45) is 5.92 Å². The standard InChI is InChI=1S/C23H31ClN4O/c1-15-13-20-21(14-19(15)24)28(18-7-4-8-18)23(26-20)27-11-9-16(10-12-27)22(29)25-17-5-2-3-6-17/h13-14,16-18H,2-12H2,1H3,(H,25,29). The number of amides is 1. The summed E-state index contributed by atoms with van der Waals surface area (Å²) in [6.45, 7) is 3.83. The molecule has 1 aliphatic heterocycles. The minimum absolute atomic E-state index is 0.144. The van der Waals surface area contributed by atoms with E-state index in [0.717, 1.165) is 66.3 Å². The van der Waals surface area contributed by atoms with Crippen LogP contribution < -0.4 is 10.2 Å². The lowest BCUT2D eigenvalue weighted by molar-refractivity contribution is -0.126. The maximum Gasteiger partial charge on any atom is 0.223 e. The molecular formula is C23H31ClN4O. The van der Waals surface area contributed by atoms with Crippen LogP contribution in [0.25, 0.3) is 11.0 Å². The van der Waals surface area contributed by atoms with Crippen LogP contribution in [0.2, 0.25) is 5.02 Å². The fourth-order valence-corrected chi connectivity index (χ4v) is 5.32. The van der Waals surface area contributed by atoms with E-state index in [9.17, 15) is 4.79 Å². The van der Waals surface area contributed by atoms with Crippen molar-refractivity contribution < 1.29 is 4.79 Å². The highest BCUT2D eigenvalue weighted by molar-refractivity contribution is 6.32. The minimum Gasteiger partial charge on any atom is -0.353 e. The van der Waals surface area contributed by atoms with E-state index >= 15 is 0 Å². The van der Waals surface area contributed by atoms with E-state index in [1.165, 1.54) is 32.1 Å². The first-order chi connectivity index (χ1) is 14.1. The van der Waals surface area contributed by atoms with Gasteiger partial charge in [-0.2, -0.15) is 0 Å². The highest BCUT2D eigenvalue weighted by Gasteiger charge is 2.32. The van der Waals surface area contributed by atoms with Gasteiger partial charge in [0.1, 0.15) is 0 Å². The van der Waals surface area contributed by atoms with Crippen LogP contribution in [0.3, 0.4) is 0 Å². The number of nitrogens with one attached hydrogen (secondary N) is 1. The number of aromatic nitrogens is 2. The van der Waals surface area contributed by atoms with Crippen molar-refractivity contribution in [3.05, 3.63) is 22.7 Å². The van der Waals surface area contributed by atoms with Crippen LogP contribution in [0.1, 0.15) is 69.4 Å². The second-order valence-electron chi connectivity index (χ2n) is 9.21. The molecule has 0 atom stereocenters. The highest BCUT2D eigenvalue weighted by Crippen LogP contribution is 2.40. The van der Waals surface area contributed by atoms with Crippen molar-refractivity contribution >= 4 is 34.5 Å². The van der Waals surface area contributed by atoms with Crippen molar-refractivity contribution in [3.63, 3.8) is 0 Å². The summed E-state index contributed by atoms with van der Waals surface area (Å²) < 4.78 is 2.42. The number of carbonyl (C=O) groups excluding carboxylic acids is 1. The molecule has 2 heterocycles. The first-order valence-electron chi connectivity index (χ1n) is 11.3.